The molecule has 1 aliphatic heterocycles. The fourth-order valence-electron chi connectivity index (χ4n) is 2.73. The Bertz CT molecular complexity index is 1050. The van der Waals surface area contributed by atoms with E-state index in [9.17, 15) is 21.6 Å². The number of hydrogen-bond acceptors (Lipinski definition) is 5. The first kappa shape index (κ1) is 23.1. The zero-order chi connectivity index (χ0) is 22.1. The Kier molecular flexibility index (Phi) is 6.81. The molecule has 3 rings (SSSR count). The van der Waals surface area contributed by atoms with Crippen molar-refractivity contribution in [2.45, 2.75) is 25.7 Å². The van der Waals surface area contributed by atoms with Gasteiger partial charge in [0, 0.05) is 10.1 Å². The van der Waals surface area contributed by atoms with Gasteiger partial charge in [0.2, 0.25) is 0 Å². The monoisotopic (exact) mass is 557 g/mol. The van der Waals surface area contributed by atoms with Crippen LogP contribution in [0.5, 0.6) is 0 Å². The van der Waals surface area contributed by atoms with Crippen molar-refractivity contribution < 1.29 is 31.1 Å². The van der Waals surface area contributed by atoms with E-state index >= 15 is 0 Å². The summed E-state index contributed by atoms with van der Waals surface area (Å²) >= 11 is 1.90. The Hall–Kier alpha value is -1.61. The van der Waals surface area contributed by atoms with Crippen molar-refractivity contribution in [3.05, 3.63) is 51.4 Å². The van der Waals surface area contributed by atoms with Gasteiger partial charge in [0.05, 0.1) is 24.1 Å². The summed E-state index contributed by atoms with van der Waals surface area (Å²) in [6, 6.07) is 5.87. The summed E-state index contributed by atoms with van der Waals surface area (Å²) in [6.07, 6.45) is -0.514. The van der Waals surface area contributed by atoms with Crippen molar-refractivity contribution in [3.8, 4) is 0 Å². The van der Waals surface area contributed by atoms with Crippen molar-refractivity contribution >= 4 is 49.9 Å². The van der Waals surface area contributed by atoms with Crippen LogP contribution >= 0.6 is 22.6 Å². The van der Waals surface area contributed by atoms with Gasteiger partial charge < -0.3 is 14.8 Å². The molecule has 1 saturated heterocycles. The molecule has 1 heterocycles. The van der Waals surface area contributed by atoms with Crippen molar-refractivity contribution in [1.82, 2.24) is 4.72 Å². The van der Waals surface area contributed by atoms with Crippen molar-refractivity contribution in [1.29, 1.82) is 0 Å². The molecule has 30 heavy (non-hydrogen) atoms. The molecule has 164 valence electrons. The maximum atomic E-state index is 14.4. The first-order chi connectivity index (χ1) is 14.0. The lowest BCUT2D eigenvalue weighted by Crippen LogP contribution is -2.37. The van der Waals surface area contributed by atoms with Gasteiger partial charge in [-0.3, -0.25) is 4.72 Å². The highest BCUT2D eigenvalue weighted by Crippen LogP contribution is 2.32. The van der Waals surface area contributed by atoms with Crippen LogP contribution in [0.1, 0.15) is 13.8 Å². The van der Waals surface area contributed by atoms with Crippen LogP contribution in [0.4, 0.5) is 30.2 Å². The lowest BCUT2D eigenvalue weighted by Gasteiger charge is -2.18. The summed E-state index contributed by atoms with van der Waals surface area (Å²) in [7, 11) is -4.18. The molecule has 0 radical (unpaired) electrons. The molecular weight excluding hydrogens is 538 g/mol. The van der Waals surface area contributed by atoms with Crippen LogP contribution in [-0.2, 0) is 19.7 Å². The molecule has 12 heteroatoms. The normalized spacial score (nSPS) is 18.4. The molecule has 1 fully saturated rings. The van der Waals surface area contributed by atoms with Gasteiger partial charge in [-0.25, -0.2) is 13.2 Å². The van der Waals surface area contributed by atoms with Gasteiger partial charge in [0.1, 0.15) is 11.5 Å². The van der Waals surface area contributed by atoms with Crippen LogP contribution in [0.25, 0.3) is 0 Å². The molecule has 1 unspecified atom stereocenters. The minimum absolute atomic E-state index is 0.100. The Labute approximate surface area is 185 Å². The number of anilines is 3. The molecule has 0 aromatic heterocycles. The number of benzene rings is 2. The highest BCUT2D eigenvalue weighted by molar-refractivity contribution is 14.1. The van der Waals surface area contributed by atoms with E-state index in [-0.39, 0.29) is 24.5 Å². The number of nitrogens with one attached hydrogen (secondary N) is 3. The second kappa shape index (κ2) is 8.86. The molecular formula is C18H19F3IN3O4S. The topological polar surface area (TPSA) is 88.7 Å². The summed E-state index contributed by atoms with van der Waals surface area (Å²) in [6.45, 7) is 3.49. The lowest BCUT2D eigenvalue weighted by molar-refractivity contribution is -0.137. The van der Waals surface area contributed by atoms with Gasteiger partial charge in [0.25, 0.3) is 10.2 Å². The van der Waals surface area contributed by atoms with Gasteiger partial charge >= 0.3 is 0 Å². The van der Waals surface area contributed by atoms with Crippen LogP contribution in [0.15, 0.2) is 30.3 Å². The predicted molar refractivity (Wildman–Crippen MR) is 114 cm³/mol. The van der Waals surface area contributed by atoms with E-state index in [2.05, 4.69) is 14.8 Å². The molecule has 3 N–H and O–H groups in total. The van der Waals surface area contributed by atoms with Crippen LogP contribution in [0.2, 0.25) is 0 Å². The summed E-state index contributed by atoms with van der Waals surface area (Å²) in [5.74, 6) is -4.11. The molecule has 7 nitrogen and oxygen atoms in total. The number of ether oxygens (including phenoxy) is 2. The van der Waals surface area contributed by atoms with Crippen LogP contribution in [0.3, 0.4) is 0 Å². The van der Waals surface area contributed by atoms with E-state index in [0.29, 0.717) is 3.57 Å². The largest absolute Gasteiger partial charge is 0.349 e. The smallest absolute Gasteiger partial charge is 0.299 e. The maximum Gasteiger partial charge on any atom is 0.299 e. The fourth-order valence-corrected chi connectivity index (χ4v) is 4.12. The third-order valence-corrected chi connectivity index (χ3v) is 5.80. The van der Waals surface area contributed by atoms with Crippen LogP contribution < -0.4 is 14.8 Å². The Morgan fingerprint density at radius 1 is 1.13 bits per heavy atom. The molecule has 2 aromatic rings. The Morgan fingerprint density at radius 2 is 1.83 bits per heavy atom. The first-order valence-corrected chi connectivity index (χ1v) is 11.3. The van der Waals surface area contributed by atoms with Crippen molar-refractivity contribution in [2.24, 2.45) is 0 Å². The van der Waals surface area contributed by atoms with Crippen molar-refractivity contribution in [3.63, 3.8) is 0 Å². The van der Waals surface area contributed by atoms with Gasteiger partial charge in [-0.05, 0) is 66.8 Å². The van der Waals surface area contributed by atoms with E-state index in [1.807, 2.05) is 22.6 Å². The quantitative estimate of drug-likeness (QED) is 0.451. The second-order valence-corrected chi connectivity index (χ2v) is 9.68. The molecule has 1 atom stereocenters. The molecule has 1 aliphatic rings. The third-order valence-electron chi connectivity index (χ3n) is 4.10. The van der Waals surface area contributed by atoms with E-state index < -0.39 is 45.2 Å². The molecule has 0 spiro atoms. The maximum absolute atomic E-state index is 14.4. The van der Waals surface area contributed by atoms with Crippen LogP contribution in [0, 0.1) is 21.0 Å². The van der Waals surface area contributed by atoms with E-state index in [1.165, 1.54) is 12.1 Å². The Balaban J connectivity index is 1.79. The third kappa shape index (κ3) is 5.75. The average molecular weight is 557 g/mol. The standard InChI is InChI=1S/C18H19F3IN3O4S/c1-18(2)28-9-11(29-18)8-23-30(26,27)25-15-6-4-12(19)16(21)17(15)24-14-5-3-10(22)7-13(14)20/h3-7,11,23-25H,8-9H2,1-2H3. The Morgan fingerprint density at radius 3 is 2.47 bits per heavy atom. The molecule has 0 aliphatic carbocycles. The molecule has 2 aromatic carbocycles. The highest BCUT2D eigenvalue weighted by atomic mass is 127. The summed E-state index contributed by atoms with van der Waals surface area (Å²) < 4.78 is 82.9. The molecule has 0 saturated carbocycles. The number of halogens is 4. The first-order valence-electron chi connectivity index (χ1n) is 8.75. The zero-order valence-corrected chi connectivity index (χ0v) is 18.9. The number of hydrogen-bond donors (Lipinski definition) is 3. The van der Waals surface area contributed by atoms with Gasteiger partial charge in [-0.1, -0.05) is 0 Å². The fraction of sp³-hybridized carbons (Fsp3) is 0.333. The average Bonchev–Trinajstić information content (AvgIpc) is 3.00. The van der Waals surface area contributed by atoms with E-state index in [0.717, 1.165) is 12.1 Å². The highest BCUT2D eigenvalue weighted by Gasteiger charge is 2.33. The SMILES string of the molecule is CC1(C)OCC(CNS(=O)(=O)Nc2ccc(F)c(F)c2Nc2ccc(I)cc2F)O1. The summed E-state index contributed by atoms with van der Waals surface area (Å²) in [4.78, 5) is 0. The minimum Gasteiger partial charge on any atom is -0.349 e. The summed E-state index contributed by atoms with van der Waals surface area (Å²) in [5, 5.41) is 2.41. The summed E-state index contributed by atoms with van der Waals surface area (Å²) in [5.41, 5.74) is -1.00. The zero-order valence-electron chi connectivity index (χ0n) is 15.9. The number of rotatable bonds is 7. The molecule has 0 bridgehead atoms. The van der Waals surface area contributed by atoms with Gasteiger partial charge in [0.15, 0.2) is 17.4 Å². The molecule has 0 amide bonds. The lowest BCUT2D eigenvalue weighted by atomic mass is 10.2. The van der Waals surface area contributed by atoms with E-state index in [1.54, 1.807) is 19.9 Å². The van der Waals surface area contributed by atoms with Gasteiger partial charge in [-0.2, -0.15) is 13.1 Å². The van der Waals surface area contributed by atoms with Crippen LogP contribution in [-0.4, -0.2) is 33.5 Å². The van der Waals surface area contributed by atoms with E-state index in [4.69, 9.17) is 9.47 Å². The van der Waals surface area contributed by atoms with Crippen molar-refractivity contribution in [2.75, 3.05) is 23.2 Å². The minimum atomic E-state index is -4.18. The van der Waals surface area contributed by atoms with Gasteiger partial charge in [-0.15, -0.1) is 0 Å². The second-order valence-electron chi connectivity index (χ2n) is 6.94. The predicted octanol–water partition coefficient (Wildman–Crippen LogP) is 3.85.